The molecular weight excluding hydrogens is 508 g/mol. The van der Waals surface area contributed by atoms with Crippen LogP contribution in [0, 0.1) is 0 Å². The van der Waals surface area contributed by atoms with E-state index in [9.17, 15) is 0 Å². The number of thiophene rings is 1. The monoisotopic (exact) mass is 532 g/mol. The van der Waals surface area contributed by atoms with Gasteiger partial charge in [-0.3, -0.25) is 0 Å². The number of nitrogens with zero attached hydrogens (tertiary/aromatic N) is 4. The zero-order valence-electron chi connectivity index (χ0n) is 21.8. The Balaban J connectivity index is 1.32. The summed E-state index contributed by atoms with van der Waals surface area (Å²) in [6, 6.07) is 42.8. The lowest BCUT2D eigenvalue weighted by Gasteiger charge is -2.11. The van der Waals surface area contributed by atoms with Crippen LogP contribution in [0.25, 0.3) is 71.7 Å². The van der Waals surface area contributed by atoms with Gasteiger partial charge in [-0.2, -0.15) is 0 Å². The molecule has 0 N–H and O–H groups in total. The molecule has 0 aliphatic rings. The number of rotatable bonds is 4. The van der Waals surface area contributed by atoms with Gasteiger partial charge < -0.3 is 9.13 Å². The lowest BCUT2D eigenvalue weighted by Crippen LogP contribution is -1.96. The third-order valence-electron chi connectivity index (χ3n) is 7.64. The summed E-state index contributed by atoms with van der Waals surface area (Å²) in [4.78, 5) is 11.2. The van der Waals surface area contributed by atoms with Crippen LogP contribution in [0.15, 0.2) is 127 Å². The van der Waals surface area contributed by atoms with Crippen molar-refractivity contribution in [2.45, 2.75) is 0 Å². The van der Waals surface area contributed by atoms with Gasteiger partial charge in [0.15, 0.2) is 0 Å². The number of benzene rings is 4. The van der Waals surface area contributed by atoms with Crippen molar-refractivity contribution >= 4 is 44.2 Å². The first kappa shape index (κ1) is 22.9. The van der Waals surface area contributed by atoms with Gasteiger partial charge in [-0.05, 0) is 60.0 Å². The fourth-order valence-electron chi connectivity index (χ4n) is 5.75. The molecule has 0 spiro atoms. The Morgan fingerprint density at radius 3 is 2.25 bits per heavy atom. The van der Waals surface area contributed by atoms with Gasteiger partial charge in [0.25, 0.3) is 0 Å². The van der Waals surface area contributed by atoms with Gasteiger partial charge in [0.1, 0.15) is 5.82 Å². The fourth-order valence-corrected chi connectivity index (χ4v) is 6.45. The maximum atomic E-state index is 5.01. The highest BCUT2D eigenvalue weighted by Crippen LogP contribution is 2.36. The third kappa shape index (κ3) is 3.59. The smallest absolute Gasteiger partial charge is 0.140 e. The first-order chi connectivity index (χ1) is 19.7. The zero-order valence-corrected chi connectivity index (χ0v) is 22.6. The molecule has 0 aliphatic heterocycles. The van der Waals surface area contributed by atoms with Crippen LogP contribution >= 0.6 is 11.3 Å². The highest BCUT2D eigenvalue weighted by Gasteiger charge is 2.16. The molecule has 40 heavy (non-hydrogen) atoms. The fraction of sp³-hybridized carbons (Fsp3) is 0.0286. The van der Waals surface area contributed by atoms with Gasteiger partial charge in [-0.1, -0.05) is 66.7 Å². The average Bonchev–Trinajstić information content (AvgIpc) is 3.74. The Bertz CT molecular complexity index is 2180. The third-order valence-corrected chi connectivity index (χ3v) is 8.53. The standard InChI is InChI=1S/C35H24N4S/c1-38-32-16-5-3-12-29(32)37-35(38)24-18-19-27-26-11-2-4-15-31(26)39(33(27)22-24)25-10-6-9-23(21-25)28-13-7-14-30(36-28)34-17-8-20-40-34/h2-22H,1H3. The Labute approximate surface area is 235 Å². The van der Waals surface area contributed by atoms with E-state index in [4.69, 9.17) is 9.97 Å². The number of aromatic nitrogens is 4. The second kappa shape index (κ2) is 9.04. The second-order valence-corrected chi connectivity index (χ2v) is 11.0. The number of para-hydroxylation sites is 3. The summed E-state index contributed by atoms with van der Waals surface area (Å²) in [5, 5.41) is 4.55. The van der Waals surface area contributed by atoms with Crippen molar-refractivity contribution in [1.82, 2.24) is 19.1 Å². The molecule has 8 rings (SSSR count). The minimum Gasteiger partial charge on any atom is -0.327 e. The maximum Gasteiger partial charge on any atom is 0.140 e. The van der Waals surface area contributed by atoms with Crippen LogP contribution in [0.5, 0.6) is 0 Å². The zero-order chi connectivity index (χ0) is 26.6. The molecule has 0 atom stereocenters. The summed E-state index contributed by atoms with van der Waals surface area (Å²) in [6.45, 7) is 0. The number of hydrogen-bond donors (Lipinski definition) is 0. The van der Waals surface area contributed by atoms with Crippen molar-refractivity contribution in [3.63, 3.8) is 0 Å². The molecule has 0 unspecified atom stereocenters. The molecule has 190 valence electrons. The summed E-state index contributed by atoms with van der Waals surface area (Å²) in [7, 11) is 2.09. The van der Waals surface area contributed by atoms with E-state index in [0.29, 0.717) is 0 Å². The van der Waals surface area contributed by atoms with Crippen LogP contribution < -0.4 is 0 Å². The summed E-state index contributed by atoms with van der Waals surface area (Å²) in [5.74, 6) is 0.961. The van der Waals surface area contributed by atoms with E-state index in [1.807, 2.05) is 6.07 Å². The number of imidazole rings is 1. The lowest BCUT2D eigenvalue weighted by atomic mass is 10.1. The predicted molar refractivity (Wildman–Crippen MR) is 167 cm³/mol. The average molecular weight is 533 g/mol. The Morgan fingerprint density at radius 1 is 0.575 bits per heavy atom. The Hall–Kier alpha value is -5.00. The first-order valence-electron chi connectivity index (χ1n) is 13.3. The number of pyridine rings is 1. The summed E-state index contributed by atoms with van der Waals surface area (Å²) >= 11 is 1.71. The molecule has 4 aromatic heterocycles. The van der Waals surface area contributed by atoms with E-state index in [2.05, 4.69) is 137 Å². The van der Waals surface area contributed by atoms with E-state index in [1.165, 1.54) is 21.2 Å². The molecule has 0 aliphatic carbocycles. The molecule has 0 radical (unpaired) electrons. The molecule has 8 aromatic rings. The first-order valence-corrected chi connectivity index (χ1v) is 14.2. The SMILES string of the molecule is Cn1c(-c2ccc3c4ccccc4n(-c4cccc(-c5cccc(-c6cccs6)n5)c4)c3c2)nc2ccccc21. The molecular formula is C35H24N4S. The predicted octanol–water partition coefficient (Wildman–Crippen LogP) is 9.13. The van der Waals surface area contributed by atoms with Crippen molar-refractivity contribution in [2.24, 2.45) is 7.05 Å². The molecule has 0 fully saturated rings. The molecule has 0 amide bonds. The van der Waals surface area contributed by atoms with Crippen molar-refractivity contribution in [1.29, 1.82) is 0 Å². The molecule has 0 bridgehead atoms. The molecule has 4 nitrogen and oxygen atoms in total. The van der Waals surface area contributed by atoms with Crippen LogP contribution in [0.1, 0.15) is 0 Å². The highest BCUT2D eigenvalue weighted by atomic mass is 32.1. The van der Waals surface area contributed by atoms with Gasteiger partial charge in [0.2, 0.25) is 0 Å². The van der Waals surface area contributed by atoms with E-state index >= 15 is 0 Å². The number of hydrogen-bond acceptors (Lipinski definition) is 3. The summed E-state index contributed by atoms with van der Waals surface area (Å²) < 4.78 is 4.54. The van der Waals surface area contributed by atoms with Gasteiger partial charge in [-0.15, -0.1) is 11.3 Å². The maximum absolute atomic E-state index is 5.01. The molecule has 5 heteroatoms. The Morgan fingerprint density at radius 2 is 1.38 bits per heavy atom. The van der Waals surface area contributed by atoms with Crippen LogP contribution in [0.4, 0.5) is 0 Å². The quantitative estimate of drug-likeness (QED) is 0.227. The second-order valence-electron chi connectivity index (χ2n) is 10.0. The van der Waals surface area contributed by atoms with Gasteiger partial charge in [0.05, 0.1) is 38.3 Å². The largest absolute Gasteiger partial charge is 0.327 e. The lowest BCUT2D eigenvalue weighted by molar-refractivity contribution is 0.959. The summed E-state index contributed by atoms with van der Waals surface area (Å²) in [5.41, 5.74) is 9.73. The molecule has 4 heterocycles. The normalized spacial score (nSPS) is 11.6. The molecule has 4 aromatic carbocycles. The van der Waals surface area contributed by atoms with Crippen LogP contribution in [0.3, 0.4) is 0 Å². The minimum atomic E-state index is 0.961. The van der Waals surface area contributed by atoms with Crippen LogP contribution in [0.2, 0.25) is 0 Å². The van der Waals surface area contributed by atoms with Crippen LogP contribution in [-0.4, -0.2) is 19.1 Å². The van der Waals surface area contributed by atoms with E-state index in [-0.39, 0.29) is 0 Å². The Kier molecular flexibility index (Phi) is 5.18. The topological polar surface area (TPSA) is 35.6 Å². The van der Waals surface area contributed by atoms with E-state index in [0.717, 1.165) is 50.6 Å². The molecule has 0 saturated heterocycles. The van der Waals surface area contributed by atoms with Crippen molar-refractivity contribution < 1.29 is 0 Å². The minimum absolute atomic E-state index is 0.961. The van der Waals surface area contributed by atoms with Gasteiger partial charge in [-0.25, -0.2) is 9.97 Å². The van der Waals surface area contributed by atoms with Crippen molar-refractivity contribution in [3.8, 4) is 38.9 Å². The van der Waals surface area contributed by atoms with Crippen molar-refractivity contribution in [3.05, 3.63) is 127 Å². The number of fused-ring (bicyclic) bond motifs is 4. The van der Waals surface area contributed by atoms with E-state index in [1.54, 1.807) is 11.3 Å². The van der Waals surface area contributed by atoms with E-state index < -0.39 is 0 Å². The van der Waals surface area contributed by atoms with Crippen molar-refractivity contribution in [2.75, 3.05) is 0 Å². The van der Waals surface area contributed by atoms with Gasteiger partial charge >= 0.3 is 0 Å². The summed E-state index contributed by atoms with van der Waals surface area (Å²) in [6.07, 6.45) is 0. The van der Waals surface area contributed by atoms with Gasteiger partial charge in [0, 0.05) is 34.6 Å². The number of aryl methyl sites for hydroxylation is 1. The highest BCUT2D eigenvalue weighted by molar-refractivity contribution is 7.13. The van der Waals surface area contributed by atoms with Crippen LogP contribution in [-0.2, 0) is 7.05 Å². The molecule has 0 saturated carbocycles.